The molecular weight excluding hydrogens is 251 g/mol. The van der Waals surface area contributed by atoms with Crippen LogP contribution in [0.4, 0.5) is 13.2 Å². The van der Waals surface area contributed by atoms with E-state index >= 15 is 0 Å². The van der Waals surface area contributed by atoms with Gasteiger partial charge in [0.2, 0.25) is 0 Å². The minimum absolute atomic E-state index is 0.313. The van der Waals surface area contributed by atoms with Crippen molar-refractivity contribution in [2.75, 3.05) is 0 Å². The molecule has 0 spiro atoms. The van der Waals surface area contributed by atoms with Crippen molar-refractivity contribution >= 4 is 6.72 Å². The third kappa shape index (κ3) is 38.2. The molecule has 0 unspecified atom stereocenters. The third-order valence-corrected chi connectivity index (χ3v) is 0.858. The minimum atomic E-state index is -4.35. The molecule has 0 radical (unpaired) electrons. The van der Waals surface area contributed by atoms with Crippen molar-refractivity contribution in [3.05, 3.63) is 11.8 Å². The van der Waals surface area contributed by atoms with E-state index in [2.05, 4.69) is 25.6 Å². The van der Waals surface area contributed by atoms with E-state index in [0.29, 0.717) is 6.42 Å². The molecule has 0 bridgehead atoms. The first-order valence-corrected chi connectivity index (χ1v) is 7.18. The third-order valence-electron chi connectivity index (χ3n) is 0.858. The zero-order valence-corrected chi connectivity index (χ0v) is 14.3. The van der Waals surface area contributed by atoms with Crippen molar-refractivity contribution in [3.63, 3.8) is 0 Å². The van der Waals surface area contributed by atoms with Gasteiger partial charge in [0.1, 0.15) is 5.70 Å². The summed E-state index contributed by atoms with van der Waals surface area (Å²) in [6, 6.07) is 0. The lowest BCUT2D eigenvalue weighted by molar-refractivity contribution is -0.0924. The molecule has 19 heavy (non-hydrogen) atoms. The standard InChI is InChI=1S/C6H8F3N.C3H8.3C2H6/c1-3-4-5(10-2)6(7,8)9;1-3-2;3*1-2/h4H,2-3H2,1H3;3H2,1-2H3;3*1-2H3/b5-4-;;;;. The predicted octanol–water partition coefficient (Wildman–Crippen LogP) is 7.04. The molecule has 0 aromatic heterocycles. The van der Waals surface area contributed by atoms with Gasteiger partial charge in [-0.1, -0.05) is 74.8 Å². The maximum Gasteiger partial charge on any atom is 0.432 e. The van der Waals surface area contributed by atoms with Crippen molar-refractivity contribution in [2.45, 2.75) is 81.3 Å². The van der Waals surface area contributed by atoms with Gasteiger partial charge in [-0.2, -0.15) is 13.2 Å². The van der Waals surface area contributed by atoms with Crippen LogP contribution in [-0.2, 0) is 0 Å². The molecule has 0 saturated heterocycles. The second kappa shape index (κ2) is 30.3. The Kier molecular flexibility index (Phi) is 49.3. The van der Waals surface area contributed by atoms with E-state index < -0.39 is 11.9 Å². The molecule has 4 heteroatoms. The lowest BCUT2D eigenvalue weighted by Gasteiger charge is -2.04. The molecule has 0 aliphatic carbocycles. The van der Waals surface area contributed by atoms with Gasteiger partial charge >= 0.3 is 6.18 Å². The highest BCUT2D eigenvalue weighted by Gasteiger charge is 2.32. The average molecular weight is 285 g/mol. The lowest BCUT2D eigenvalue weighted by atomic mass is 10.3. The van der Waals surface area contributed by atoms with Crippen LogP contribution in [0, 0.1) is 0 Å². The molecule has 0 aliphatic heterocycles. The van der Waals surface area contributed by atoms with Gasteiger partial charge in [0.25, 0.3) is 0 Å². The van der Waals surface area contributed by atoms with Crippen molar-refractivity contribution in [1.82, 2.24) is 0 Å². The van der Waals surface area contributed by atoms with Crippen LogP contribution < -0.4 is 0 Å². The van der Waals surface area contributed by atoms with Crippen LogP contribution in [0.2, 0.25) is 0 Å². The Hall–Kier alpha value is -0.800. The Labute approximate surface area is 119 Å². The van der Waals surface area contributed by atoms with E-state index in [-0.39, 0.29) is 0 Å². The Bertz CT molecular complexity index is 161. The topological polar surface area (TPSA) is 12.4 Å². The monoisotopic (exact) mass is 285 g/mol. The van der Waals surface area contributed by atoms with Crippen LogP contribution >= 0.6 is 0 Å². The van der Waals surface area contributed by atoms with Gasteiger partial charge in [-0.25, -0.2) is 0 Å². The van der Waals surface area contributed by atoms with Crippen LogP contribution in [0.25, 0.3) is 0 Å². The van der Waals surface area contributed by atoms with E-state index in [9.17, 15) is 13.2 Å². The van der Waals surface area contributed by atoms with E-state index in [4.69, 9.17) is 0 Å². The molecule has 0 aliphatic rings. The Balaban J connectivity index is -0.0000000607. The van der Waals surface area contributed by atoms with E-state index in [1.165, 1.54) is 6.42 Å². The number of nitrogens with zero attached hydrogens (tertiary/aromatic N) is 1. The molecule has 1 nitrogen and oxygen atoms in total. The fraction of sp³-hybridized carbons (Fsp3) is 0.800. The van der Waals surface area contributed by atoms with Gasteiger partial charge in [-0.15, -0.1) is 0 Å². The molecule has 0 aromatic carbocycles. The summed E-state index contributed by atoms with van der Waals surface area (Å²) >= 11 is 0. The second-order valence-corrected chi connectivity index (χ2v) is 2.36. The first-order chi connectivity index (χ1) is 8.93. The zero-order valence-electron chi connectivity index (χ0n) is 14.3. The molecule has 0 rings (SSSR count). The maximum atomic E-state index is 11.7. The first kappa shape index (κ1) is 30.9. The largest absolute Gasteiger partial charge is 0.432 e. The number of hydrogen-bond acceptors (Lipinski definition) is 1. The Morgan fingerprint density at radius 2 is 1.21 bits per heavy atom. The number of halogens is 3. The molecule has 0 amide bonds. The summed E-state index contributed by atoms with van der Waals surface area (Å²) in [5.41, 5.74) is -0.907. The summed E-state index contributed by atoms with van der Waals surface area (Å²) in [6.45, 7) is 20.7. The second-order valence-electron chi connectivity index (χ2n) is 2.36. The van der Waals surface area contributed by atoms with Crippen LogP contribution in [0.15, 0.2) is 16.8 Å². The van der Waals surface area contributed by atoms with Crippen molar-refractivity contribution in [1.29, 1.82) is 0 Å². The van der Waals surface area contributed by atoms with Gasteiger partial charge in [0.15, 0.2) is 0 Å². The van der Waals surface area contributed by atoms with Gasteiger partial charge in [0, 0.05) is 0 Å². The lowest BCUT2D eigenvalue weighted by Crippen LogP contribution is -2.09. The molecule has 120 valence electrons. The number of allylic oxidation sites excluding steroid dienone is 2. The highest BCUT2D eigenvalue weighted by Crippen LogP contribution is 2.26. The smallest absolute Gasteiger partial charge is 0.260 e. The molecule has 0 atom stereocenters. The van der Waals surface area contributed by atoms with Crippen LogP contribution in [-0.4, -0.2) is 12.9 Å². The molecule has 0 aromatic rings. The summed E-state index contributed by atoms with van der Waals surface area (Å²) < 4.78 is 35.1. The normalized spacial score (nSPS) is 8.95. The summed E-state index contributed by atoms with van der Waals surface area (Å²) in [4.78, 5) is 2.84. The van der Waals surface area contributed by atoms with E-state index in [1.54, 1.807) is 6.92 Å². The van der Waals surface area contributed by atoms with Gasteiger partial charge in [-0.3, -0.25) is 4.99 Å². The Morgan fingerprint density at radius 3 is 1.26 bits per heavy atom. The maximum absolute atomic E-state index is 11.7. The first-order valence-electron chi connectivity index (χ1n) is 7.18. The number of hydrogen-bond donors (Lipinski definition) is 0. The van der Waals surface area contributed by atoms with Crippen LogP contribution in [0.3, 0.4) is 0 Å². The average Bonchev–Trinajstić information content (AvgIpc) is 2.42. The highest BCUT2D eigenvalue weighted by atomic mass is 19.4. The summed E-state index contributed by atoms with van der Waals surface area (Å²) in [7, 11) is 0. The van der Waals surface area contributed by atoms with Gasteiger partial charge in [0.05, 0.1) is 0 Å². The SMILES string of the molecule is C=N/C(=C\CC)C(F)(F)F.CC.CC.CC.CCC. The molecular formula is C15H34F3N. The number of alkyl halides is 3. The zero-order chi connectivity index (χ0) is 16.9. The quantitative estimate of drug-likeness (QED) is 0.482. The molecule has 0 N–H and O–H groups in total. The van der Waals surface area contributed by atoms with Crippen LogP contribution in [0.1, 0.15) is 75.2 Å². The predicted molar refractivity (Wildman–Crippen MR) is 84.0 cm³/mol. The molecule has 0 heterocycles. The van der Waals surface area contributed by atoms with E-state index in [1.807, 2.05) is 41.5 Å². The number of aliphatic imine (C=N–C) groups is 1. The summed E-state index contributed by atoms with van der Waals surface area (Å²) in [5.74, 6) is 0. The minimum Gasteiger partial charge on any atom is -0.260 e. The van der Waals surface area contributed by atoms with Crippen molar-refractivity contribution in [2.24, 2.45) is 4.99 Å². The van der Waals surface area contributed by atoms with Crippen molar-refractivity contribution < 1.29 is 13.2 Å². The fourth-order valence-electron chi connectivity index (χ4n) is 0.463. The van der Waals surface area contributed by atoms with Gasteiger partial charge < -0.3 is 0 Å². The molecule has 0 fully saturated rings. The number of rotatable bonds is 2. The van der Waals surface area contributed by atoms with Gasteiger partial charge in [-0.05, 0) is 13.1 Å². The fourth-order valence-corrected chi connectivity index (χ4v) is 0.463. The Morgan fingerprint density at radius 1 is 0.947 bits per heavy atom. The summed E-state index contributed by atoms with van der Waals surface area (Å²) in [6.07, 6.45) is -1.79. The van der Waals surface area contributed by atoms with E-state index in [0.717, 1.165) is 6.08 Å². The van der Waals surface area contributed by atoms with Crippen LogP contribution in [0.5, 0.6) is 0 Å². The summed E-state index contributed by atoms with van der Waals surface area (Å²) in [5, 5.41) is 0. The highest BCUT2D eigenvalue weighted by molar-refractivity contribution is 5.30. The van der Waals surface area contributed by atoms with Crippen molar-refractivity contribution in [3.8, 4) is 0 Å². The molecule has 0 saturated carbocycles.